The first kappa shape index (κ1) is 29.1. The van der Waals surface area contributed by atoms with Crippen LogP contribution in [0, 0.1) is 11.8 Å². The smallest absolute Gasteiger partial charge is 0.129 e. The second-order valence-electron chi connectivity index (χ2n) is 7.61. The number of hydrogen-bond donors (Lipinski definition) is 1. The van der Waals surface area contributed by atoms with Crippen molar-refractivity contribution in [1.82, 2.24) is 10.2 Å². The number of Topliss-reactive ketones (excluding diaryl/α,β-unsaturated/α-hetero) is 1. The van der Waals surface area contributed by atoms with Crippen LogP contribution in [0.3, 0.4) is 0 Å². The van der Waals surface area contributed by atoms with Crippen LogP contribution in [0.1, 0.15) is 92.4 Å². The highest BCUT2D eigenvalue weighted by atomic mass is 16.1. The molecule has 0 radical (unpaired) electrons. The minimum absolute atomic E-state index is 0.299. The van der Waals surface area contributed by atoms with Crippen LogP contribution in [-0.2, 0) is 4.79 Å². The highest BCUT2D eigenvalue weighted by Crippen LogP contribution is 2.23. The van der Waals surface area contributed by atoms with Crippen molar-refractivity contribution in [3.8, 4) is 0 Å². The molecule has 0 amide bonds. The van der Waals surface area contributed by atoms with Crippen LogP contribution in [0.2, 0.25) is 0 Å². The highest BCUT2D eigenvalue weighted by Gasteiger charge is 2.14. The SMILES string of the molecule is C=CNCCC(CCC(C=C)CCCC(C)=O)CCN(CCC)CCC.CC. The molecule has 0 aliphatic rings. The first-order valence-electron chi connectivity index (χ1n) is 11.8. The summed E-state index contributed by atoms with van der Waals surface area (Å²) in [5.41, 5.74) is 0. The van der Waals surface area contributed by atoms with Gasteiger partial charge in [-0.25, -0.2) is 0 Å². The second kappa shape index (κ2) is 22.2. The fourth-order valence-corrected chi connectivity index (χ4v) is 3.60. The van der Waals surface area contributed by atoms with Crippen molar-refractivity contribution in [1.29, 1.82) is 0 Å². The van der Waals surface area contributed by atoms with E-state index in [4.69, 9.17) is 0 Å². The first-order valence-corrected chi connectivity index (χ1v) is 11.8. The van der Waals surface area contributed by atoms with Gasteiger partial charge in [0.25, 0.3) is 0 Å². The van der Waals surface area contributed by atoms with Gasteiger partial charge in [-0.1, -0.05) is 40.3 Å². The minimum Gasteiger partial charge on any atom is -0.391 e. The van der Waals surface area contributed by atoms with Gasteiger partial charge < -0.3 is 15.0 Å². The lowest BCUT2D eigenvalue weighted by atomic mass is 9.88. The van der Waals surface area contributed by atoms with Gasteiger partial charge in [-0.3, -0.25) is 0 Å². The maximum atomic E-state index is 11.1. The minimum atomic E-state index is 0.299. The molecule has 2 atom stereocenters. The zero-order valence-corrected chi connectivity index (χ0v) is 19.8. The van der Waals surface area contributed by atoms with Crippen LogP contribution in [0.4, 0.5) is 0 Å². The van der Waals surface area contributed by atoms with Gasteiger partial charge in [0.2, 0.25) is 0 Å². The van der Waals surface area contributed by atoms with Gasteiger partial charge in [-0.15, -0.1) is 6.58 Å². The van der Waals surface area contributed by atoms with Crippen molar-refractivity contribution in [3.05, 3.63) is 25.4 Å². The summed E-state index contributed by atoms with van der Waals surface area (Å²) in [6.07, 6.45) is 14.1. The molecule has 0 rings (SSSR count). The van der Waals surface area contributed by atoms with Gasteiger partial charge in [0, 0.05) is 13.0 Å². The number of nitrogens with zero attached hydrogens (tertiary/aromatic N) is 1. The van der Waals surface area contributed by atoms with E-state index in [0.717, 1.165) is 25.3 Å². The van der Waals surface area contributed by atoms with Crippen LogP contribution in [-0.4, -0.2) is 36.9 Å². The molecule has 0 aliphatic heterocycles. The van der Waals surface area contributed by atoms with Crippen LogP contribution in [0.25, 0.3) is 0 Å². The lowest BCUT2D eigenvalue weighted by Crippen LogP contribution is -2.28. The van der Waals surface area contributed by atoms with Gasteiger partial charge >= 0.3 is 0 Å². The quantitative estimate of drug-likeness (QED) is 0.198. The van der Waals surface area contributed by atoms with Crippen molar-refractivity contribution >= 4 is 5.78 Å². The van der Waals surface area contributed by atoms with Gasteiger partial charge in [0.05, 0.1) is 0 Å². The molecule has 2 unspecified atom stereocenters. The van der Waals surface area contributed by atoms with Crippen molar-refractivity contribution in [2.45, 2.75) is 92.4 Å². The normalized spacial score (nSPS) is 12.6. The fraction of sp³-hybridized carbons (Fsp3) is 0.800. The summed E-state index contributed by atoms with van der Waals surface area (Å²) in [7, 11) is 0. The molecule has 3 heteroatoms. The molecule has 0 saturated carbocycles. The molecule has 0 fully saturated rings. The molecule has 3 nitrogen and oxygen atoms in total. The Bertz CT molecular complexity index is 362. The van der Waals surface area contributed by atoms with Gasteiger partial charge in [-0.05, 0) is 96.0 Å². The Hall–Kier alpha value is -1.09. The number of ketones is 1. The van der Waals surface area contributed by atoms with Gasteiger partial charge in [0.15, 0.2) is 0 Å². The molecule has 1 N–H and O–H groups in total. The number of carbonyl (C=O) groups is 1. The van der Waals surface area contributed by atoms with Crippen LogP contribution < -0.4 is 5.32 Å². The summed E-state index contributed by atoms with van der Waals surface area (Å²) in [6.45, 7) is 22.6. The Labute approximate surface area is 177 Å². The molecule has 0 aromatic carbocycles. The topological polar surface area (TPSA) is 32.3 Å². The molecule has 0 aliphatic carbocycles. The summed E-state index contributed by atoms with van der Waals surface area (Å²) in [6, 6.07) is 0. The Kier molecular flexibility index (Phi) is 23.1. The average Bonchev–Trinajstić information content (AvgIpc) is 2.69. The van der Waals surface area contributed by atoms with E-state index in [-0.39, 0.29) is 0 Å². The summed E-state index contributed by atoms with van der Waals surface area (Å²) >= 11 is 0. The zero-order chi connectivity index (χ0) is 21.6. The Morgan fingerprint density at radius 2 is 1.61 bits per heavy atom. The molecular formula is C25H50N2O. The predicted molar refractivity (Wildman–Crippen MR) is 127 cm³/mol. The summed E-state index contributed by atoms with van der Waals surface area (Å²) in [5.74, 6) is 1.59. The standard InChI is InChI=1S/C23H44N2O.C2H6/c1-6-18-25(19-7-2)20-16-23(15-17-24-9-4)14-13-22(8-3)12-10-11-21(5)26;1-2/h8-9,22-24H,3-4,6-7,10-20H2,1-2,5H3;1-2H3. The van der Waals surface area contributed by atoms with E-state index in [2.05, 4.69) is 43.3 Å². The van der Waals surface area contributed by atoms with E-state index in [1.807, 2.05) is 13.8 Å². The van der Waals surface area contributed by atoms with Crippen molar-refractivity contribution in [2.75, 3.05) is 26.2 Å². The molecule has 0 aromatic rings. The van der Waals surface area contributed by atoms with Crippen molar-refractivity contribution < 1.29 is 4.79 Å². The van der Waals surface area contributed by atoms with E-state index in [9.17, 15) is 4.79 Å². The lowest BCUT2D eigenvalue weighted by Gasteiger charge is -2.25. The van der Waals surface area contributed by atoms with E-state index >= 15 is 0 Å². The monoisotopic (exact) mass is 394 g/mol. The number of allylic oxidation sites excluding steroid dienone is 1. The number of carbonyl (C=O) groups excluding carboxylic acids is 1. The van der Waals surface area contributed by atoms with Gasteiger partial charge in [-0.2, -0.15) is 0 Å². The van der Waals surface area contributed by atoms with Crippen LogP contribution in [0.5, 0.6) is 0 Å². The largest absolute Gasteiger partial charge is 0.391 e. The summed E-state index contributed by atoms with van der Waals surface area (Å²) < 4.78 is 0. The number of nitrogens with one attached hydrogen (secondary N) is 1. The third-order valence-electron chi connectivity index (χ3n) is 5.16. The number of hydrogen-bond acceptors (Lipinski definition) is 3. The third-order valence-corrected chi connectivity index (χ3v) is 5.16. The molecule has 0 spiro atoms. The van der Waals surface area contributed by atoms with Crippen molar-refractivity contribution in [3.63, 3.8) is 0 Å². The van der Waals surface area contributed by atoms with Crippen LogP contribution >= 0.6 is 0 Å². The predicted octanol–water partition coefficient (Wildman–Crippen LogP) is 6.61. The molecule has 0 saturated heterocycles. The first-order chi connectivity index (χ1) is 13.6. The second-order valence-corrected chi connectivity index (χ2v) is 7.61. The van der Waals surface area contributed by atoms with E-state index < -0.39 is 0 Å². The maximum Gasteiger partial charge on any atom is 0.129 e. The van der Waals surface area contributed by atoms with E-state index in [1.165, 1.54) is 58.2 Å². The van der Waals surface area contributed by atoms with Crippen LogP contribution in [0.15, 0.2) is 25.4 Å². The molecule has 28 heavy (non-hydrogen) atoms. The molecule has 0 aromatic heterocycles. The molecule has 0 heterocycles. The third kappa shape index (κ3) is 18.3. The Balaban J connectivity index is 0. The van der Waals surface area contributed by atoms with E-state index in [1.54, 1.807) is 13.1 Å². The Morgan fingerprint density at radius 3 is 2.11 bits per heavy atom. The molecule has 0 bridgehead atoms. The molecule has 166 valence electrons. The average molecular weight is 395 g/mol. The zero-order valence-electron chi connectivity index (χ0n) is 19.8. The van der Waals surface area contributed by atoms with Crippen molar-refractivity contribution in [2.24, 2.45) is 11.8 Å². The van der Waals surface area contributed by atoms with Gasteiger partial charge in [0.1, 0.15) is 5.78 Å². The summed E-state index contributed by atoms with van der Waals surface area (Å²) in [5, 5.41) is 3.26. The van der Waals surface area contributed by atoms with E-state index in [0.29, 0.717) is 18.1 Å². The lowest BCUT2D eigenvalue weighted by molar-refractivity contribution is -0.117. The fourth-order valence-electron chi connectivity index (χ4n) is 3.60. The summed E-state index contributed by atoms with van der Waals surface area (Å²) in [4.78, 5) is 13.8. The number of rotatable bonds is 19. The maximum absolute atomic E-state index is 11.1. The molecular weight excluding hydrogens is 344 g/mol. The Morgan fingerprint density at radius 1 is 0.964 bits per heavy atom. The highest BCUT2D eigenvalue weighted by molar-refractivity contribution is 5.75.